The van der Waals surface area contributed by atoms with Crippen molar-refractivity contribution in [3.63, 3.8) is 0 Å². The number of ether oxygens (including phenoxy) is 1. The van der Waals surface area contributed by atoms with Crippen LogP contribution in [0.3, 0.4) is 0 Å². The van der Waals surface area contributed by atoms with Gasteiger partial charge < -0.3 is 4.74 Å². The first-order chi connectivity index (χ1) is 3.80. The molecule has 0 aromatic carbocycles. The molecule has 0 radical (unpaired) electrons. The summed E-state index contributed by atoms with van der Waals surface area (Å²) < 4.78 is 5.41. The van der Waals surface area contributed by atoms with Gasteiger partial charge in [0, 0.05) is 6.61 Å². The standard InChI is InChI=1S/C7H14O.H2S/c1-6(2)7-4-3-5-8-7;/h6-7H,3-5H2,1-2H3;1H2/t7-;/m0./s1. The van der Waals surface area contributed by atoms with E-state index in [4.69, 9.17) is 4.74 Å². The minimum atomic E-state index is 0. The quantitative estimate of drug-likeness (QED) is 0.552. The van der Waals surface area contributed by atoms with Crippen LogP contribution in [0.4, 0.5) is 0 Å². The number of hydrogen-bond acceptors (Lipinski definition) is 1. The Kier molecular flexibility index (Phi) is 4.32. The van der Waals surface area contributed by atoms with Gasteiger partial charge in [0.05, 0.1) is 6.10 Å². The molecule has 1 atom stereocenters. The highest BCUT2D eigenvalue weighted by Crippen LogP contribution is 2.18. The lowest BCUT2D eigenvalue weighted by molar-refractivity contribution is 0.0758. The maximum Gasteiger partial charge on any atom is 0.0598 e. The predicted octanol–water partition coefficient (Wildman–Crippen LogP) is 1.93. The largest absolute Gasteiger partial charge is 0.378 e. The average molecular weight is 148 g/mol. The Bertz CT molecular complexity index is 67.3. The Balaban J connectivity index is 0.000000640. The summed E-state index contributed by atoms with van der Waals surface area (Å²) in [5.74, 6) is 0.720. The zero-order chi connectivity index (χ0) is 5.98. The van der Waals surface area contributed by atoms with Gasteiger partial charge >= 0.3 is 0 Å². The minimum absolute atomic E-state index is 0. The highest BCUT2D eigenvalue weighted by molar-refractivity contribution is 7.59. The molecule has 1 saturated heterocycles. The molecule has 0 aliphatic carbocycles. The number of hydrogen-bond donors (Lipinski definition) is 0. The SMILES string of the molecule is CC(C)[C@@H]1CCCO1.S. The van der Waals surface area contributed by atoms with Crippen LogP contribution >= 0.6 is 13.5 Å². The summed E-state index contributed by atoms with van der Waals surface area (Å²) in [5, 5.41) is 0. The van der Waals surface area contributed by atoms with Gasteiger partial charge in [0.2, 0.25) is 0 Å². The van der Waals surface area contributed by atoms with Gasteiger partial charge in [-0.1, -0.05) is 13.8 Å². The van der Waals surface area contributed by atoms with Crippen molar-refractivity contribution in [3.05, 3.63) is 0 Å². The van der Waals surface area contributed by atoms with Crippen LogP contribution < -0.4 is 0 Å². The molecule has 0 amide bonds. The van der Waals surface area contributed by atoms with Crippen LogP contribution in [0.25, 0.3) is 0 Å². The molecule has 9 heavy (non-hydrogen) atoms. The molecule has 1 rings (SSSR count). The second kappa shape index (κ2) is 4.18. The monoisotopic (exact) mass is 148 g/mol. The van der Waals surface area contributed by atoms with Crippen molar-refractivity contribution in [2.24, 2.45) is 5.92 Å². The molecule has 1 fully saturated rings. The van der Waals surface area contributed by atoms with Gasteiger partial charge in [0.1, 0.15) is 0 Å². The van der Waals surface area contributed by atoms with Crippen molar-refractivity contribution < 1.29 is 4.74 Å². The topological polar surface area (TPSA) is 9.23 Å². The summed E-state index contributed by atoms with van der Waals surface area (Å²) in [6, 6.07) is 0. The maximum absolute atomic E-state index is 5.41. The van der Waals surface area contributed by atoms with Gasteiger partial charge in [-0.15, -0.1) is 0 Å². The maximum atomic E-state index is 5.41. The summed E-state index contributed by atoms with van der Waals surface area (Å²) >= 11 is 0. The molecule has 2 heteroatoms. The van der Waals surface area contributed by atoms with E-state index in [1.165, 1.54) is 12.8 Å². The Morgan fingerprint density at radius 1 is 1.44 bits per heavy atom. The second-order valence-corrected chi connectivity index (χ2v) is 2.80. The van der Waals surface area contributed by atoms with Crippen LogP contribution in [0.5, 0.6) is 0 Å². The molecule has 1 nitrogen and oxygen atoms in total. The first-order valence-electron chi connectivity index (χ1n) is 3.42. The van der Waals surface area contributed by atoms with Crippen LogP contribution in [0, 0.1) is 5.92 Å². The number of rotatable bonds is 1. The molecule has 0 N–H and O–H groups in total. The Morgan fingerprint density at radius 3 is 2.33 bits per heavy atom. The van der Waals surface area contributed by atoms with E-state index in [2.05, 4.69) is 13.8 Å². The van der Waals surface area contributed by atoms with Gasteiger partial charge in [-0.3, -0.25) is 0 Å². The van der Waals surface area contributed by atoms with E-state index >= 15 is 0 Å². The zero-order valence-corrected chi connectivity index (χ0v) is 7.18. The van der Waals surface area contributed by atoms with Crippen molar-refractivity contribution in [3.8, 4) is 0 Å². The molecular weight excluding hydrogens is 132 g/mol. The van der Waals surface area contributed by atoms with Crippen molar-refractivity contribution in [1.82, 2.24) is 0 Å². The van der Waals surface area contributed by atoms with Crippen molar-refractivity contribution in [1.29, 1.82) is 0 Å². The van der Waals surface area contributed by atoms with Crippen LogP contribution in [0.1, 0.15) is 26.7 Å². The minimum Gasteiger partial charge on any atom is -0.378 e. The normalized spacial score (nSPS) is 26.3. The Labute approximate surface area is 64.2 Å². The van der Waals surface area contributed by atoms with Crippen molar-refractivity contribution in [2.75, 3.05) is 6.61 Å². The molecule has 0 bridgehead atoms. The molecule has 1 aliphatic heterocycles. The highest BCUT2D eigenvalue weighted by atomic mass is 32.1. The first kappa shape index (κ1) is 9.31. The van der Waals surface area contributed by atoms with E-state index < -0.39 is 0 Å². The Morgan fingerprint density at radius 2 is 2.11 bits per heavy atom. The molecule has 1 aliphatic rings. The van der Waals surface area contributed by atoms with Gasteiger partial charge in [0.25, 0.3) is 0 Å². The van der Waals surface area contributed by atoms with Gasteiger partial charge in [-0.2, -0.15) is 13.5 Å². The van der Waals surface area contributed by atoms with Crippen LogP contribution in [-0.2, 0) is 4.74 Å². The Hall–Kier alpha value is 0.310. The van der Waals surface area contributed by atoms with Crippen LogP contribution in [-0.4, -0.2) is 12.7 Å². The summed E-state index contributed by atoms with van der Waals surface area (Å²) in [6.45, 7) is 5.43. The van der Waals surface area contributed by atoms with Crippen LogP contribution in [0.15, 0.2) is 0 Å². The van der Waals surface area contributed by atoms with E-state index in [-0.39, 0.29) is 13.5 Å². The van der Waals surface area contributed by atoms with Gasteiger partial charge in [-0.05, 0) is 18.8 Å². The molecule has 0 aromatic rings. The van der Waals surface area contributed by atoms with E-state index in [0.717, 1.165) is 12.5 Å². The molecule has 0 saturated carbocycles. The predicted molar refractivity (Wildman–Crippen MR) is 44.2 cm³/mol. The molecule has 0 aromatic heterocycles. The third-order valence-corrected chi connectivity index (χ3v) is 1.71. The second-order valence-electron chi connectivity index (χ2n) is 2.80. The summed E-state index contributed by atoms with van der Waals surface area (Å²) in [6.07, 6.45) is 3.11. The van der Waals surface area contributed by atoms with E-state index in [1.54, 1.807) is 0 Å². The molecular formula is C7H16OS. The smallest absolute Gasteiger partial charge is 0.0598 e. The summed E-state index contributed by atoms with van der Waals surface area (Å²) in [7, 11) is 0. The lowest BCUT2D eigenvalue weighted by Gasteiger charge is -2.11. The van der Waals surface area contributed by atoms with E-state index in [1.807, 2.05) is 0 Å². The summed E-state index contributed by atoms with van der Waals surface area (Å²) in [4.78, 5) is 0. The fourth-order valence-corrected chi connectivity index (χ4v) is 1.13. The molecule has 56 valence electrons. The van der Waals surface area contributed by atoms with Crippen molar-refractivity contribution in [2.45, 2.75) is 32.8 Å². The average Bonchev–Trinajstić information content (AvgIpc) is 2.12. The summed E-state index contributed by atoms with van der Waals surface area (Å²) in [5.41, 5.74) is 0. The van der Waals surface area contributed by atoms with Crippen LogP contribution in [0.2, 0.25) is 0 Å². The molecule has 0 unspecified atom stereocenters. The van der Waals surface area contributed by atoms with E-state index in [9.17, 15) is 0 Å². The van der Waals surface area contributed by atoms with Crippen molar-refractivity contribution >= 4 is 13.5 Å². The lowest BCUT2D eigenvalue weighted by atomic mass is 10.1. The fraction of sp³-hybridized carbons (Fsp3) is 1.00. The van der Waals surface area contributed by atoms with Gasteiger partial charge in [-0.25, -0.2) is 0 Å². The molecule has 0 spiro atoms. The highest BCUT2D eigenvalue weighted by Gasteiger charge is 2.17. The third-order valence-electron chi connectivity index (χ3n) is 1.71. The third kappa shape index (κ3) is 2.59. The lowest BCUT2D eigenvalue weighted by Crippen LogP contribution is -2.12. The first-order valence-corrected chi connectivity index (χ1v) is 3.42. The fourth-order valence-electron chi connectivity index (χ4n) is 1.13. The molecule has 1 heterocycles. The van der Waals surface area contributed by atoms with Gasteiger partial charge in [0.15, 0.2) is 0 Å². The zero-order valence-electron chi connectivity index (χ0n) is 6.18. The van der Waals surface area contributed by atoms with E-state index in [0.29, 0.717) is 6.10 Å².